The van der Waals surface area contributed by atoms with Crippen LogP contribution in [0, 0.1) is 11.3 Å². The van der Waals surface area contributed by atoms with Gasteiger partial charge in [0.1, 0.15) is 0 Å². The molecule has 4 bridgehead atoms. The van der Waals surface area contributed by atoms with Crippen molar-refractivity contribution in [3.63, 3.8) is 0 Å². The maximum Gasteiger partial charge on any atom is 0.250 e. The summed E-state index contributed by atoms with van der Waals surface area (Å²) in [5.41, 5.74) is 3.99. The molecule has 0 aromatic carbocycles. The van der Waals surface area contributed by atoms with Crippen molar-refractivity contribution >= 4 is 5.91 Å². The molecule has 2 aliphatic carbocycles. The lowest BCUT2D eigenvalue weighted by molar-refractivity contribution is -0.126. The number of nitrogens with zero attached hydrogens (tertiary/aromatic N) is 1. The van der Waals surface area contributed by atoms with Crippen molar-refractivity contribution < 1.29 is 4.79 Å². The maximum atomic E-state index is 12.3. The number of likely N-dealkylation sites (N-methyl/N-ethyl adjacent to an activating group) is 1. The highest BCUT2D eigenvalue weighted by Gasteiger charge is 2.56. The number of rotatable bonds is 0. The van der Waals surface area contributed by atoms with E-state index >= 15 is 0 Å². The number of hydrogen-bond acceptors (Lipinski definition) is 2. The molecule has 0 aromatic rings. The molecule has 88 valence electrons. The van der Waals surface area contributed by atoms with Gasteiger partial charge in [-0.1, -0.05) is 12.2 Å². The van der Waals surface area contributed by atoms with Crippen LogP contribution in [0.25, 0.3) is 0 Å². The summed E-state index contributed by atoms with van der Waals surface area (Å²) in [4.78, 5) is 14.2. The first-order valence-electron chi connectivity index (χ1n) is 6.32. The maximum absolute atomic E-state index is 12.3. The summed E-state index contributed by atoms with van der Waals surface area (Å²) in [6.07, 6.45) is 7.65. The summed E-state index contributed by atoms with van der Waals surface area (Å²) in [5.74, 6) is 0.823. The van der Waals surface area contributed by atoms with E-state index in [-0.39, 0.29) is 11.3 Å². The molecule has 4 aliphatic rings. The quantitative estimate of drug-likeness (QED) is 0.667. The van der Waals surface area contributed by atoms with Gasteiger partial charge < -0.3 is 10.2 Å². The highest BCUT2D eigenvalue weighted by atomic mass is 16.2. The molecule has 2 unspecified atom stereocenters. The zero-order valence-electron chi connectivity index (χ0n) is 9.99. The summed E-state index contributed by atoms with van der Waals surface area (Å²) >= 11 is 0. The third-order valence-corrected chi connectivity index (χ3v) is 4.74. The molecule has 2 heterocycles. The van der Waals surface area contributed by atoms with Crippen LogP contribution in [-0.2, 0) is 4.79 Å². The first-order valence-corrected chi connectivity index (χ1v) is 6.32. The monoisotopic (exact) mass is 228 g/mol. The minimum absolute atomic E-state index is 0.0538. The van der Waals surface area contributed by atoms with Crippen LogP contribution in [-0.4, -0.2) is 37.5 Å². The highest BCUT2D eigenvalue weighted by molar-refractivity contribution is 6.00. The second-order valence-electron chi connectivity index (χ2n) is 5.63. The zero-order chi connectivity index (χ0) is 11.6. The van der Waals surface area contributed by atoms with E-state index in [9.17, 15) is 4.79 Å². The van der Waals surface area contributed by atoms with Crippen LogP contribution in [0.15, 0.2) is 34.9 Å². The van der Waals surface area contributed by atoms with E-state index in [0.717, 1.165) is 31.6 Å². The van der Waals surface area contributed by atoms with Crippen molar-refractivity contribution in [1.29, 1.82) is 0 Å². The smallest absolute Gasteiger partial charge is 0.250 e. The lowest BCUT2D eigenvalue weighted by Gasteiger charge is -2.44. The van der Waals surface area contributed by atoms with E-state index in [0.29, 0.717) is 5.92 Å². The summed E-state index contributed by atoms with van der Waals surface area (Å²) in [5, 5.41) is 3.49. The van der Waals surface area contributed by atoms with Gasteiger partial charge >= 0.3 is 0 Å². The zero-order valence-corrected chi connectivity index (χ0v) is 9.99. The van der Waals surface area contributed by atoms with Crippen LogP contribution in [0.2, 0.25) is 0 Å². The molecule has 4 rings (SSSR count). The van der Waals surface area contributed by atoms with Crippen LogP contribution in [0.1, 0.15) is 6.42 Å². The fourth-order valence-electron chi connectivity index (χ4n) is 3.84. The standard InChI is InChI=1S/C14H16N2O/c1-16-4-2-3-10-9-6-14(8-15-7-9)11(10)5-12(14)13(16)17/h2-3,5,9,15H,4,6-8H2,1H3/b3-2-. The fourth-order valence-corrected chi connectivity index (χ4v) is 3.84. The number of fused-ring (bicyclic) bond motifs is 2. The van der Waals surface area contributed by atoms with Gasteiger partial charge in [-0.25, -0.2) is 0 Å². The van der Waals surface area contributed by atoms with Crippen LogP contribution in [0.3, 0.4) is 0 Å². The molecule has 1 saturated heterocycles. The molecule has 17 heavy (non-hydrogen) atoms. The first-order chi connectivity index (χ1) is 8.22. The lowest BCUT2D eigenvalue weighted by Crippen LogP contribution is -2.49. The lowest BCUT2D eigenvalue weighted by atomic mass is 9.63. The van der Waals surface area contributed by atoms with Gasteiger partial charge in [-0.15, -0.1) is 0 Å². The molecule has 2 atom stereocenters. The third kappa shape index (κ3) is 0.990. The van der Waals surface area contributed by atoms with Gasteiger partial charge in [0.2, 0.25) is 0 Å². The molecule has 2 aliphatic heterocycles. The molecule has 1 amide bonds. The summed E-state index contributed by atoms with van der Waals surface area (Å²) in [6, 6.07) is 0. The number of piperidine rings is 1. The average molecular weight is 228 g/mol. The Labute approximate surface area is 101 Å². The molecular weight excluding hydrogens is 212 g/mol. The van der Waals surface area contributed by atoms with Crippen molar-refractivity contribution in [3.05, 3.63) is 34.9 Å². The topological polar surface area (TPSA) is 32.3 Å². The molecule has 3 nitrogen and oxygen atoms in total. The van der Waals surface area contributed by atoms with Gasteiger partial charge in [0.15, 0.2) is 0 Å². The third-order valence-electron chi connectivity index (χ3n) is 4.74. The minimum atomic E-state index is 0.0538. The second-order valence-corrected chi connectivity index (χ2v) is 5.63. The average Bonchev–Trinajstić information content (AvgIpc) is 2.54. The number of carbonyl (C=O) groups is 1. The number of carbonyl (C=O) groups excluding carboxylic acids is 1. The largest absolute Gasteiger partial charge is 0.338 e. The van der Waals surface area contributed by atoms with Gasteiger partial charge in [-0.05, 0) is 29.6 Å². The highest BCUT2D eigenvalue weighted by Crippen LogP contribution is 2.60. The van der Waals surface area contributed by atoms with Crippen molar-refractivity contribution in [2.24, 2.45) is 11.3 Å². The van der Waals surface area contributed by atoms with Crippen LogP contribution >= 0.6 is 0 Å². The Morgan fingerprint density at radius 1 is 1.53 bits per heavy atom. The second kappa shape index (κ2) is 2.91. The fraction of sp³-hybridized carbons (Fsp3) is 0.500. The van der Waals surface area contributed by atoms with Crippen LogP contribution < -0.4 is 5.32 Å². The van der Waals surface area contributed by atoms with Crippen LogP contribution in [0.4, 0.5) is 0 Å². The Bertz CT molecular complexity index is 514. The Kier molecular flexibility index (Phi) is 1.65. The van der Waals surface area contributed by atoms with Crippen molar-refractivity contribution in [1.82, 2.24) is 10.2 Å². The molecule has 0 radical (unpaired) electrons. The van der Waals surface area contributed by atoms with E-state index in [1.54, 1.807) is 0 Å². The number of amides is 1. The minimum Gasteiger partial charge on any atom is -0.338 e. The van der Waals surface area contributed by atoms with E-state index in [1.165, 1.54) is 11.1 Å². The Balaban J connectivity index is 1.92. The molecule has 0 aromatic heterocycles. The normalized spacial score (nSPS) is 40.3. The van der Waals surface area contributed by atoms with Crippen molar-refractivity contribution in [2.45, 2.75) is 6.42 Å². The van der Waals surface area contributed by atoms with Gasteiger partial charge in [0, 0.05) is 37.7 Å². The Hall–Kier alpha value is -1.35. The summed E-state index contributed by atoms with van der Waals surface area (Å²) < 4.78 is 0. The number of nitrogens with one attached hydrogen (secondary N) is 1. The Morgan fingerprint density at radius 2 is 2.41 bits per heavy atom. The summed E-state index contributed by atoms with van der Waals surface area (Å²) in [6.45, 7) is 2.74. The van der Waals surface area contributed by atoms with Crippen molar-refractivity contribution in [2.75, 3.05) is 26.7 Å². The number of hydrogen-bond donors (Lipinski definition) is 1. The van der Waals surface area contributed by atoms with Gasteiger partial charge in [0.05, 0.1) is 0 Å². The van der Waals surface area contributed by atoms with Crippen LogP contribution in [0.5, 0.6) is 0 Å². The predicted octanol–water partition coefficient (Wildman–Crippen LogP) is 0.861. The van der Waals surface area contributed by atoms with Gasteiger partial charge in [-0.2, -0.15) is 0 Å². The molecule has 1 fully saturated rings. The van der Waals surface area contributed by atoms with E-state index in [1.807, 2.05) is 11.9 Å². The number of allylic oxidation sites excluding steroid dienone is 2. The SMILES string of the molecule is CN1C/C=C\C2=C3C=C(C1=O)C31CNCC2C1. The predicted molar refractivity (Wildman–Crippen MR) is 65.3 cm³/mol. The molecule has 3 heteroatoms. The molecule has 1 spiro atoms. The van der Waals surface area contributed by atoms with E-state index in [4.69, 9.17) is 0 Å². The van der Waals surface area contributed by atoms with Crippen molar-refractivity contribution in [3.8, 4) is 0 Å². The first kappa shape index (κ1) is 9.66. The molecule has 1 N–H and O–H groups in total. The van der Waals surface area contributed by atoms with Gasteiger partial charge in [0.25, 0.3) is 5.91 Å². The van der Waals surface area contributed by atoms with Gasteiger partial charge in [-0.3, -0.25) is 4.79 Å². The van der Waals surface area contributed by atoms with E-state index in [2.05, 4.69) is 23.5 Å². The Morgan fingerprint density at radius 3 is 3.29 bits per heavy atom. The molecule has 0 saturated carbocycles. The molecular formula is C14H16N2O. The van der Waals surface area contributed by atoms with E-state index < -0.39 is 0 Å². The summed E-state index contributed by atoms with van der Waals surface area (Å²) in [7, 11) is 1.89.